The van der Waals surface area contributed by atoms with Crippen molar-refractivity contribution in [2.45, 2.75) is 0 Å². The fourth-order valence-electron chi connectivity index (χ4n) is 1.10. The number of amidine groups is 1. The molecule has 0 fully saturated rings. The minimum Gasteiger partial charge on any atom is -0.504 e. The molecule has 0 unspecified atom stereocenters. The number of aliphatic hydroxyl groups is 1. The van der Waals surface area contributed by atoms with E-state index in [9.17, 15) is 5.11 Å². The molecule has 0 spiro atoms. The third-order valence-corrected chi connectivity index (χ3v) is 1.63. The monoisotopic (exact) mass is 148 g/mol. The second kappa shape index (κ2) is 2.27. The lowest BCUT2D eigenvalue weighted by Gasteiger charge is -2.24. The van der Waals surface area contributed by atoms with Crippen LogP contribution in [0.4, 0.5) is 0 Å². The van der Waals surface area contributed by atoms with Crippen LogP contribution in [0.1, 0.15) is 0 Å². The van der Waals surface area contributed by atoms with E-state index in [-0.39, 0.29) is 5.76 Å². The molecule has 2 aliphatic rings. The van der Waals surface area contributed by atoms with Crippen molar-refractivity contribution in [1.82, 2.24) is 4.90 Å². The molecular weight excluding hydrogens is 140 g/mol. The molecule has 2 rings (SSSR count). The molecule has 11 heavy (non-hydrogen) atoms. The highest BCUT2D eigenvalue weighted by Gasteiger charge is 2.15. The van der Waals surface area contributed by atoms with Gasteiger partial charge in [-0.25, -0.2) is 4.99 Å². The zero-order chi connectivity index (χ0) is 7.68. The molecule has 0 amide bonds. The quantitative estimate of drug-likeness (QED) is 0.560. The average Bonchev–Trinajstić information content (AvgIpc) is 2.06. The Morgan fingerprint density at radius 1 is 1.55 bits per heavy atom. The van der Waals surface area contributed by atoms with Crippen molar-refractivity contribution < 1.29 is 5.11 Å². The molecule has 0 atom stereocenters. The van der Waals surface area contributed by atoms with Crippen molar-refractivity contribution in [3.8, 4) is 0 Å². The second-order valence-corrected chi connectivity index (χ2v) is 2.38. The van der Waals surface area contributed by atoms with Crippen molar-refractivity contribution in [2.75, 3.05) is 6.54 Å². The summed E-state index contributed by atoms with van der Waals surface area (Å²) in [5.74, 6) is 0.867. The Balaban J connectivity index is 2.40. The van der Waals surface area contributed by atoms with Gasteiger partial charge in [-0.15, -0.1) is 0 Å². The fourth-order valence-corrected chi connectivity index (χ4v) is 1.10. The summed E-state index contributed by atoms with van der Waals surface area (Å²) >= 11 is 0. The van der Waals surface area contributed by atoms with Gasteiger partial charge in [-0.05, 0) is 18.2 Å². The molecule has 0 radical (unpaired) electrons. The van der Waals surface area contributed by atoms with Crippen molar-refractivity contribution in [3.05, 3.63) is 36.4 Å². The number of fused-ring (bicyclic) bond motifs is 1. The Kier molecular flexibility index (Phi) is 1.28. The van der Waals surface area contributed by atoms with Crippen molar-refractivity contribution in [3.63, 3.8) is 0 Å². The van der Waals surface area contributed by atoms with E-state index in [1.165, 1.54) is 0 Å². The highest BCUT2D eigenvalue weighted by molar-refractivity contribution is 5.98. The Morgan fingerprint density at radius 3 is 3.27 bits per heavy atom. The summed E-state index contributed by atoms with van der Waals surface area (Å²) in [6, 6.07) is 0. The highest BCUT2D eigenvalue weighted by Crippen LogP contribution is 2.11. The number of rotatable bonds is 0. The van der Waals surface area contributed by atoms with Gasteiger partial charge >= 0.3 is 0 Å². The van der Waals surface area contributed by atoms with Gasteiger partial charge in [0.25, 0.3) is 0 Å². The molecule has 0 aromatic rings. The number of nitrogens with zero attached hydrogens (tertiary/aromatic N) is 2. The Bertz CT molecular complexity index is 286. The molecule has 0 bridgehead atoms. The Hall–Kier alpha value is -1.51. The third kappa shape index (κ3) is 0.941. The van der Waals surface area contributed by atoms with Crippen molar-refractivity contribution in [2.24, 2.45) is 4.99 Å². The summed E-state index contributed by atoms with van der Waals surface area (Å²) in [5.41, 5.74) is 0. The fraction of sp³-hybridized carbons (Fsp3) is 0.125. The number of hydrogen-bond donors (Lipinski definition) is 1. The van der Waals surface area contributed by atoms with Crippen LogP contribution in [0.3, 0.4) is 0 Å². The van der Waals surface area contributed by atoms with Crippen LogP contribution in [0, 0.1) is 0 Å². The van der Waals surface area contributed by atoms with Gasteiger partial charge in [0, 0.05) is 18.9 Å². The van der Waals surface area contributed by atoms with E-state index >= 15 is 0 Å². The number of hydrogen-bond acceptors (Lipinski definition) is 3. The molecule has 0 aromatic heterocycles. The maximum Gasteiger partial charge on any atom is 0.175 e. The summed E-state index contributed by atoms with van der Waals surface area (Å²) < 4.78 is 0. The normalized spacial score (nSPS) is 20.9. The summed E-state index contributed by atoms with van der Waals surface area (Å²) in [5, 5.41) is 9.31. The van der Waals surface area contributed by atoms with Crippen LogP contribution in [-0.2, 0) is 0 Å². The van der Waals surface area contributed by atoms with E-state index < -0.39 is 0 Å². The average molecular weight is 148 g/mol. The van der Waals surface area contributed by atoms with Crippen LogP contribution in [0.15, 0.2) is 41.4 Å². The van der Waals surface area contributed by atoms with Crippen LogP contribution in [0.5, 0.6) is 0 Å². The summed E-state index contributed by atoms with van der Waals surface area (Å²) in [6.07, 6.45) is 8.96. The van der Waals surface area contributed by atoms with Gasteiger partial charge in [-0.2, -0.15) is 0 Å². The van der Waals surface area contributed by atoms with E-state index in [2.05, 4.69) is 4.99 Å². The lowest BCUT2D eigenvalue weighted by atomic mass is 10.2. The molecule has 3 nitrogen and oxygen atoms in total. The summed E-state index contributed by atoms with van der Waals surface area (Å²) in [4.78, 5) is 5.91. The van der Waals surface area contributed by atoms with Crippen LogP contribution < -0.4 is 0 Å². The molecule has 56 valence electrons. The molecule has 0 aliphatic carbocycles. The van der Waals surface area contributed by atoms with Crippen molar-refractivity contribution in [1.29, 1.82) is 0 Å². The summed E-state index contributed by atoms with van der Waals surface area (Å²) in [6.45, 7) is 0.785. The minimum atomic E-state index is 0.233. The van der Waals surface area contributed by atoms with E-state index in [0.29, 0.717) is 5.84 Å². The Labute approximate surface area is 64.7 Å². The maximum atomic E-state index is 9.31. The zero-order valence-corrected chi connectivity index (χ0v) is 5.94. The van der Waals surface area contributed by atoms with Gasteiger partial charge in [0.15, 0.2) is 11.6 Å². The smallest absolute Gasteiger partial charge is 0.175 e. The highest BCUT2D eigenvalue weighted by atomic mass is 16.3. The second-order valence-electron chi connectivity index (χ2n) is 2.38. The molecule has 2 aliphatic heterocycles. The van der Waals surface area contributed by atoms with Crippen LogP contribution in [0.25, 0.3) is 0 Å². The first kappa shape index (κ1) is 6.22. The molecule has 2 heterocycles. The van der Waals surface area contributed by atoms with Crippen molar-refractivity contribution >= 4 is 5.84 Å². The zero-order valence-electron chi connectivity index (χ0n) is 5.94. The van der Waals surface area contributed by atoms with Crippen LogP contribution in [-0.4, -0.2) is 22.4 Å². The van der Waals surface area contributed by atoms with Crippen LogP contribution >= 0.6 is 0 Å². The first-order valence-corrected chi connectivity index (χ1v) is 3.45. The summed E-state index contributed by atoms with van der Waals surface area (Å²) in [7, 11) is 0. The first-order valence-electron chi connectivity index (χ1n) is 3.45. The predicted molar refractivity (Wildman–Crippen MR) is 43.1 cm³/mol. The number of aliphatic imine (C=N–C) groups is 1. The maximum absolute atomic E-state index is 9.31. The van der Waals surface area contributed by atoms with Gasteiger partial charge in [0.05, 0.1) is 0 Å². The number of allylic oxidation sites excluding steroid dienone is 2. The van der Waals surface area contributed by atoms with E-state index in [0.717, 1.165) is 6.54 Å². The molecule has 1 N–H and O–H groups in total. The molecule has 3 heteroatoms. The van der Waals surface area contributed by atoms with E-state index in [4.69, 9.17) is 0 Å². The first-order chi connectivity index (χ1) is 5.38. The standard InChI is InChI=1S/C8H8N2O/c11-7-3-1-5-10-6-2-4-9-8(7)10/h1-5,11H,6H2. The molecular formula is C8H8N2O. The molecule has 0 saturated heterocycles. The van der Waals surface area contributed by atoms with Gasteiger partial charge in [0.2, 0.25) is 0 Å². The van der Waals surface area contributed by atoms with Crippen LogP contribution in [0.2, 0.25) is 0 Å². The lowest BCUT2D eigenvalue weighted by molar-refractivity contribution is 0.421. The van der Waals surface area contributed by atoms with Gasteiger partial charge in [0.1, 0.15) is 0 Å². The van der Waals surface area contributed by atoms with Gasteiger partial charge in [-0.1, -0.05) is 0 Å². The molecule has 0 saturated carbocycles. The van der Waals surface area contributed by atoms with Gasteiger partial charge < -0.3 is 10.0 Å². The topological polar surface area (TPSA) is 35.8 Å². The van der Waals surface area contributed by atoms with E-state index in [1.807, 2.05) is 17.2 Å². The minimum absolute atomic E-state index is 0.233. The van der Waals surface area contributed by atoms with E-state index in [1.54, 1.807) is 18.4 Å². The molecule has 0 aromatic carbocycles. The van der Waals surface area contributed by atoms with Gasteiger partial charge in [-0.3, -0.25) is 0 Å². The largest absolute Gasteiger partial charge is 0.504 e. The Morgan fingerprint density at radius 2 is 2.45 bits per heavy atom. The lowest BCUT2D eigenvalue weighted by Crippen LogP contribution is -2.30. The third-order valence-electron chi connectivity index (χ3n) is 1.63. The SMILES string of the molecule is OC1=CC=CN2CC=CN=C12. The predicted octanol–water partition coefficient (Wildman–Crippen LogP) is 1.18. The number of aliphatic hydroxyl groups excluding tert-OH is 1.